The molecule has 1 heterocycles. The van der Waals surface area contributed by atoms with Crippen molar-refractivity contribution in [1.82, 2.24) is 0 Å². The molecule has 0 aliphatic carbocycles. The zero-order valence-corrected chi connectivity index (χ0v) is 9.85. The van der Waals surface area contributed by atoms with Crippen molar-refractivity contribution in [1.29, 1.82) is 0 Å². The van der Waals surface area contributed by atoms with Crippen LogP contribution in [0.15, 0.2) is 17.5 Å². The molecule has 0 saturated heterocycles. The van der Waals surface area contributed by atoms with Crippen LogP contribution in [0.3, 0.4) is 0 Å². The first-order valence-electron chi connectivity index (χ1n) is 4.62. The highest BCUT2D eigenvalue weighted by atomic mass is 32.1. The Balaban J connectivity index is 2.90. The van der Waals surface area contributed by atoms with Crippen LogP contribution in [-0.2, 0) is 14.9 Å². The van der Waals surface area contributed by atoms with Gasteiger partial charge in [-0.3, -0.25) is 4.79 Å². The van der Waals surface area contributed by atoms with Crippen LogP contribution in [0, 0.1) is 5.92 Å². The van der Waals surface area contributed by atoms with E-state index in [0.717, 1.165) is 0 Å². The van der Waals surface area contributed by atoms with Gasteiger partial charge >= 0.3 is 5.97 Å². The fraction of sp³-hybridized carbons (Fsp3) is 0.545. The second-order valence-corrected chi connectivity index (χ2v) is 4.89. The summed E-state index contributed by atoms with van der Waals surface area (Å²) in [5.41, 5.74) is -0.152. The summed E-state index contributed by atoms with van der Waals surface area (Å²) >= 11 is 1.68. The minimum absolute atomic E-state index is 0.119. The van der Waals surface area contributed by atoms with Crippen LogP contribution in [0.2, 0.25) is 0 Å². The maximum absolute atomic E-state index is 11.4. The highest BCUT2D eigenvalue weighted by Gasteiger charge is 2.34. The van der Waals surface area contributed by atoms with E-state index < -0.39 is 0 Å². The van der Waals surface area contributed by atoms with Crippen LogP contribution in [0.4, 0.5) is 0 Å². The maximum atomic E-state index is 11.4. The van der Waals surface area contributed by atoms with Crippen molar-refractivity contribution >= 4 is 17.3 Å². The molecule has 0 aliphatic heterocycles. The van der Waals surface area contributed by atoms with Crippen molar-refractivity contribution in [3.05, 3.63) is 22.4 Å². The molecule has 1 unspecified atom stereocenters. The van der Waals surface area contributed by atoms with Gasteiger partial charge in [0.1, 0.15) is 0 Å². The minimum atomic E-state index is -0.152. The summed E-state index contributed by atoms with van der Waals surface area (Å²) in [6.45, 7) is 6.05. The van der Waals surface area contributed by atoms with Gasteiger partial charge in [-0.1, -0.05) is 26.8 Å². The van der Waals surface area contributed by atoms with E-state index in [-0.39, 0.29) is 17.3 Å². The van der Waals surface area contributed by atoms with E-state index in [1.807, 2.05) is 18.4 Å². The van der Waals surface area contributed by atoms with Crippen LogP contribution in [-0.4, -0.2) is 13.1 Å². The first kappa shape index (κ1) is 11.2. The van der Waals surface area contributed by atoms with E-state index in [1.54, 1.807) is 11.3 Å². The third-order valence-corrected chi connectivity index (χ3v) is 4.00. The van der Waals surface area contributed by atoms with Gasteiger partial charge in [0.15, 0.2) is 0 Å². The average Bonchev–Trinajstić information content (AvgIpc) is 2.68. The van der Waals surface area contributed by atoms with Crippen molar-refractivity contribution in [2.45, 2.75) is 26.2 Å². The molecule has 1 rings (SSSR count). The van der Waals surface area contributed by atoms with Gasteiger partial charge in [-0.25, -0.2) is 0 Å². The van der Waals surface area contributed by atoms with Gasteiger partial charge in [0, 0.05) is 10.3 Å². The number of hydrogen-bond donors (Lipinski definition) is 0. The number of hydrogen-bond acceptors (Lipinski definition) is 3. The van der Waals surface area contributed by atoms with Crippen LogP contribution in [0.5, 0.6) is 0 Å². The summed E-state index contributed by atoms with van der Waals surface area (Å²) in [4.78, 5) is 12.7. The SMILES string of the molecule is COC(=O)C(C)C(C)(C)c1cccs1. The van der Waals surface area contributed by atoms with E-state index in [1.165, 1.54) is 12.0 Å². The van der Waals surface area contributed by atoms with E-state index in [2.05, 4.69) is 19.9 Å². The highest BCUT2D eigenvalue weighted by Crippen LogP contribution is 2.35. The van der Waals surface area contributed by atoms with Crippen LogP contribution in [0.1, 0.15) is 25.6 Å². The Labute approximate surface area is 88.9 Å². The minimum Gasteiger partial charge on any atom is -0.469 e. The van der Waals surface area contributed by atoms with Crippen LogP contribution < -0.4 is 0 Å². The number of ether oxygens (including phenoxy) is 1. The highest BCUT2D eigenvalue weighted by molar-refractivity contribution is 7.10. The second kappa shape index (κ2) is 4.13. The molecule has 0 aliphatic rings. The Kier molecular flexibility index (Phi) is 3.32. The molecule has 1 aromatic heterocycles. The smallest absolute Gasteiger partial charge is 0.309 e. The first-order valence-corrected chi connectivity index (χ1v) is 5.50. The summed E-state index contributed by atoms with van der Waals surface area (Å²) in [7, 11) is 1.43. The van der Waals surface area contributed by atoms with Crippen molar-refractivity contribution in [3.63, 3.8) is 0 Å². The molecule has 1 atom stereocenters. The molecule has 0 amide bonds. The molecule has 0 saturated carbocycles. The Morgan fingerprint density at radius 2 is 2.21 bits per heavy atom. The Bertz CT molecular complexity index is 301. The standard InChI is InChI=1S/C11H16O2S/c1-8(10(12)13-4)11(2,3)9-6-5-7-14-9/h5-8H,1-4H3. The van der Waals surface area contributed by atoms with Gasteiger partial charge in [-0.2, -0.15) is 0 Å². The molecule has 0 radical (unpaired) electrons. The Hall–Kier alpha value is -0.830. The molecule has 1 aromatic rings. The molecule has 78 valence electrons. The zero-order chi connectivity index (χ0) is 10.8. The van der Waals surface area contributed by atoms with Gasteiger partial charge in [0.25, 0.3) is 0 Å². The number of esters is 1. The molecule has 0 fully saturated rings. The largest absolute Gasteiger partial charge is 0.469 e. The van der Waals surface area contributed by atoms with Crippen LogP contribution >= 0.6 is 11.3 Å². The number of carbonyl (C=O) groups is 1. The van der Waals surface area contributed by atoms with E-state index in [4.69, 9.17) is 4.74 Å². The number of thiophene rings is 1. The maximum Gasteiger partial charge on any atom is 0.309 e. The monoisotopic (exact) mass is 212 g/mol. The predicted octanol–water partition coefficient (Wildman–Crippen LogP) is 2.83. The summed E-state index contributed by atoms with van der Waals surface area (Å²) in [6.07, 6.45) is 0. The summed E-state index contributed by atoms with van der Waals surface area (Å²) in [6, 6.07) is 4.07. The fourth-order valence-electron chi connectivity index (χ4n) is 1.33. The van der Waals surface area contributed by atoms with Crippen molar-refractivity contribution < 1.29 is 9.53 Å². The number of rotatable bonds is 3. The number of methoxy groups -OCH3 is 1. The fourth-order valence-corrected chi connectivity index (χ4v) is 2.27. The average molecular weight is 212 g/mol. The van der Waals surface area contributed by atoms with Crippen molar-refractivity contribution in [3.8, 4) is 0 Å². The lowest BCUT2D eigenvalue weighted by Gasteiger charge is -2.28. The molecule has 14 heavy (non-hydrogen) atoms. The van der Waals surface area contributed by atoms with Crippen LogP contribution in [0.25, 0.3) is 0 Å². The van der Waals surface area contributed by atoms with Gasteiger partial charge in [0.05, 0.1) is 13.0 Å². The molecule has 0 spiro atoms. The summed E-state index contributed by atoms with van der Waals surface area (Å²) in [5, 5.41) is 2.03. The lowest BCUT2D eigenvalue weighted by molar-refractivity contribution is -0.146. The van der Waals surface area contributed by atoms with Crippen molar-refractivity contribution in [2.24, 2.45) is 5.92 Å². The van der Waals surface area contributed by atoms with Gasteiger partial charge in [0.2, 0.25) is 0 Å². The molecular formula is C11H16O2S. The summed E-state index contributed by atoms with van der Waals surface area (Å²) < 4.78 is 4.76. The molecule has 0 bridgehead atoms. The molecule has 3 heteroatoms. The molecule has 0 aromatic carbocycles. The first-order chi connectivity index (χ1) is 6.50. The Morgan fingerprint density at radius 1 is 1.57 bits per heavy atom. The predicted molar refractivity (Wildman–Crippen MR) is 58.5 cm³/mol. The molecular weight excluding hydrogens is 196 g/mol. The van der Waals surface area contributed by atoms with Gasteiger partial charge < -0.3 is 4.74 Å². The van der Waals surface area contributed by atoms with Gasteiger partial charge in [-0.05, 0) is 11.4 Å². The molecule has 0 N–H and O–H groups in total. The van der Waals surface area contributed by atoms with E-state index >= 15 is 0 Å². The van der Waals surface area contributed by atoms with Crippen molar-refractivity contribution in [2.75, 3.05) is 7.11 Å². The lowest BCUT2D eigenvalue weighted by atomic mass is 9.79. The third-order valence-electron chi connectivity index (χ3n) is 2.79. The van der Waals surface area contributed by atoms with E-state index in [0.29, 0.717) is 0 Å². The zero-order valence-electron chi connectivity index (χ0n) is 9.03. The third kappa shape index (κ3) is 1.98. The normalized spacial score (nSPS) is 13.7. The lowest BCUT2D eigenvalue weighted by Crippen LogP contribution is -2.32. The number of carbonyl (C=O) groups excluding carboxylic acids is 1. The van der Waals surface area contributed by atoms with E-state index in [9.17, 15) is 4.79 Å². The van der Waals surface area contributed by atoms with Gasteiger partial charge in [-0.15, -0.1) is 11.3 Å². The second-order valence-electron chi connectivity index (χ2n) is 3.94. The Morgan fingerprint density at radius 3 is 2.64 bits per heavy atom. The topological polar surface area (TPSA) is 26.3 Å². The summed E-state index contributed by atoms with van der Waals surface area (Å²) in [5.74, 6) is -0.269. The molecule has 2 nitrogen and oxygen atoms in total. The quantitative estimate of drug-likeness (QED) is 0.720.